The molecule has 1 aromatic heterocycles. The lowest BCUT2D eigenvalue weighted by Gasteiger charge is -2.19. The first kappa shape index (κ1) is 16.1. The van der Waals surface area contributed by atoms with Crippen LogP contribution in [-0.2, 0) is 14.3 Å². The van der Waals surface area contributed by atoms with Crippen LogP contribution in [0.2, 0.25) is 0 Å². The first-order valence-electron chi connectivity index (χ1n) is 6.50. The number of aromatic nitrogens is 2. The molecular weight excluding hydrogens is 296 g/mol. The molecule has 3 N–H and O–H groups in total. The molecule has 1 aromatic rings. The topological polar surface area (TPSA) is 131 Å². The van der Waals surface area contributed by atoms with E-state index in [9.17, 15) is 24.6 Å². The van der Waals surface area contributed by atoms with Crippen molar-refractivity contribution in [2.24, 2.45) is 0 Å². The summed E-state index contributed by atoms with van der Waals surface area (Å²) < 4.78 is 11.0. The molecule has 1 unspecified atom stereocenters. The van der Waals surface area contributed by atoms with E-state index in [1.54, 1.807) is 0 Å². The number of nitrogens with one attached hydrogen (secondary N) is 1. The van der Waals surface area contributed by atoms with Crippen LogP contribution in [0, 0.1) is 0 Å². The Morgan fingerprint density at radius 3 is 2.95 bits per heavy atom. The fraction of sp³-hybridized carbons (Fsp3) is 0.462. The first-order chi connectivity index (χ1) is 10.4. The second-order valence-electron chi connectivity index (χ2n) is 4.76. The molecule has 1 saturated heterocycles. The first-order valence-corrected chi connectivity index (χ1v) is 6.50. The monoisotopic (exact) mass is 312 g/mol. The van der Waals surface area contributed by atoms with E-state index in [1.807, 2.05) is 0 Å². The average Bonchev–Trinajstić information content (AvgIpc) is 2.85. The number of nitrogens with zero attached hydrogens (tertiary/aromatic N) is 1. The number of methoxy groups -OCH3 is 1. The van der Waals surface area contributed by atoms with Crippen LogP contribution in [0.5, 0.6) is 0 Å². The summed E-state index contributed by atoms with van der Waals surface area (Å²) in [5.74, 6) is -0.694. The lowest BCUT2D eigenvalue weighted by Crippen LogP contribution is -2.39. The largest absolute Gasteiger partial charge is 0.504 e. The molecule has 9 heteroatoms. The Labute approximate surface area is 124 Å². The highest BCUT2D eigenvalue weighted by Crippen LogP contribution is 2.29. The average molecular weight is 312 g/mol. The Bertz CT molecular complexity index is 677. The minimum Gasteiger partial charge on any atom is -0.504 e. The van der Waals surface area contributed by atoms with Gasteiger partial charge in [-0.15, -0.1) is 0 Å². The molecule has 2 rings (SSSR count). The van der Waals surface area contributed by atoms with Gasteiger partial charge in [0, 0.05) is 24.8 Å². The number of aliphatic hydroxyl groups excluding tert-OH is 2. The van der Waals surface area contributed by atoms with E-state index in [1.165, 1.54) is 13.3 Å². The van der Waals surface area contributed by atoms with Crippen molar-refractivity contribution in [3.8, 4) is 0 Å². The van der Waals surface area contributed by atoms with Gasteiger partial charge in [0.05, 0.1) is 19.5 Å². The van der Waals surface area contributed by atoms with Crippen molar-refractivity contribution in [3.05, 3.63) is 45.4 Å². The zero-order chi connectivity index (χ0) is 16.3. The maximum atomic E-state index is 11.7. The standard InChI is InChI=1S/C13H16N2O7/c1-21-5-3-7(16)11(19)12-8(17)6-10(22-12)15-4-2-9(18)14-13(15)20/h2-5,8,10-12,17,19H,6H2,1H3,(H,14,18,20)/t8-,10+,11?,12-/m0/s1. The summed E-state index contributed by atoms with van der Waals surface area (Å²) in [5, 5.41) is 19.8. The van der Waals surface area contributed by atoms with Crippen molar-refractivity contribution >= 4 is 5.78 Å². The Morgan fingerprint density at radius 2 is 2.32 bits per heavy atom. The summed E-state index contributed by atoms with van der Waals surface area (Å²) in [5.41, 5.74) is -1.26. The molecule has 0 spiro atoms. The molecule has 0 aromatic carbocycles. The van der Waals surface area contributed by atoms with Crippen LogP contribution in [0.15, 0.2) is 34.2 Å². The highest BCUT2D eigenvalue weighted by Gasteiger charge is 2.41. The van der Waals surface area contributed by atoms with E-state index in [-0.39, 0.29) is 6.42 Å². The maximum Gasteiger partial charge on any atom is 0.330 e. The van der Waals surface area contributed by atoms with Gasteiger partial charge in [-0.2, -0.15) is 0 Å². The number of hydrogen-bond acceptors (Lipinski definition) is 7. The number of carbonyl (C=O) groups is 1. The number of rotatable bonds is 5. The predicted octanol–water partition coefficient (Wildman–Crippen LogP) is -1.72. The molecule has 1 fully saturated rings. The van der Waals surface area contributed by atoms with Crippen LogP contribution in [0.25, 0.3) is 0 Å². The zero-order valence-electron chi connectivity index (χ0n) is 11.7. The number of hydrogen-bond donors (Lipinski definition) is 3. The van der Waals surface area contributed by atoms with Gasteiger partial charge >= 0.3 is 5.69 Å². The molecule has 0 bridgehead atoms. The van der Waals surface area contributed by atoms with Crippen LogP contribution in [0.1, 0.15) is 12.6 Å². The minimum atomic E-state index is -1.59. The third kappa shape index (κ3) is 3.32. The molecule has 0 amide bonds. The van der Waals surface area contributed by atoms with Gasteiger partial charge in [-0.1, -0.05) is 0 Å². The molecule has 0 saturated carbocycles. The van der Waals surface area contributed by atoms with Gasteiger partial charge in [0.2, 0.25) is 0 Å². The Hall–Kier alpha value is -2.23. The normalized spacial score (nSPS) is 26.2. The van der Waals surface area contributed by atoms with Crippen molar-refractivity contribution in [1.29, 1.82) is 0 Å². The third-order valence-corrected chi connectivity index (χ3v) is 3.27. The zero-order valence-corrected chi connectivity index (χ0v) is 11.7. The molecule has 22 heavy (non-hydrogen) atoms. The Morgan fingerprint density at radius 1 is 1.59 bits per heavy atom. The predicted molar refractivity (Wildman–Crippen MR) is 73.0 cm³/mol. The van der Waals surface area contributed by atoms with Gasteiger partial charge in [0.1, 0.15) is 18.4 Å². The molecule has 4 atom stereocenters. The van der Waals surface area contributed by atoms with Crippen molar-refractivity contribution in [2.45, 2.75) is 31.0 Å². The molecule has 0 aliphatic carbocycles. The minimum absolute atomic E-state index is 0.00501. The van der Waals surface area contributed by atoms with E-state index in [0.29, 0.717) is 0 Å². The van der Waals surface area contributed by atoms with Crippen LogP contribution in [0.3, 0.4) is 0 Å². The number of carbonyl (C=O) groups excluding carboxylic acids is 1. The van der Waals surface area contributed by atoms with Gasteiger partial charge in [0.25, 0.3) is 5.56 Å². The summed E-state index contributed by atoms with van der Waals surface area (Å²) >= 11 is 0. The number of ketones is 1. The fourth-order valence-electron chi connectivity index (χ4n) is 2.18. The molecule has 0 radical (unpaired) electrons. The molecule has 9 nitrogen and oxygen atoms in total. The van der Waals surface area contributed by atoms with Gasteiger partial charge in [-0.3, -0.25) is 19.1 Å². The lowest BCUT2D eigenvalue weighted by atomic mass is 10.0. The van der Waals surface area contributed by atoms with Crippen molar-refractivity contribution in [3.63, 3.8) is 0 Å². The van der Waals surface area contributed by atoms with Crippen molar-refractivity contribution in [1.82, 2.24) is 9.55 Å². The van der Waals surface area contributed by atoms with Gasteiger partial charge < -0.3 is 19.7 Å². The second kappa shape index (κ2) is 6.69. The Kier molecular flexibility index (Phi) is 4.91. The van der Waals surface area contributed by atoms with E-state index in [4.69, 9.17) is 4.74 Å². The smallest absolute Gasteiger partial charge is 0.330 e. The summed E-state index contributed by atoms with van der Waals surface area (Å²) in [6.07, 6.45) is -1.48. The van der Waals surface area contributed by atoms with Crippen molar-refractivity contribution < 1.29 is 24.5 Å². The highest BCUT2D eigenvalue weighted by molar-refractivity contribution is 5.93. The lowest BCUT2D eigenvalue weighted by molar-refractivity contribution is -0.136. The van der Waals surface area contributed by atoms with Gasteiger partial charge in [-0.05, 0) is 0 Å². The highest BCUT2D eigenvalue weighted by atomic mass is 16.5. The SMILES string of the molecule is COC=CC(=O)C(O)[C@H]1O[C@@H](n2ccc(=O)[nH]c2=O)C[C@@H]1O. The van der Waals surface area contributed by atoms with Crippen molar-refractivity contribution in [2.75, 3.05) is 7.11 Å². The van der Waals surface area contributed by atoms with Gasteiger partial charge in [0.15, 0.2) is 5.78 Å². The van der Waals surface area contributed by atoms with Crippen LogP contribution in [-0.4, -0.2) is 51.0 Å². The number of ether oxygens (including phenoxy) is 2. The van der Waals surface area contributed by atoms with E-state index >= 15 is 0 Å². The van der Waals surface area contributed by atoms with E-state index < -0.39 is 41.6 Å². The second-order valence-corrected chi connectivity index (χ2v) is 4.76. The summed E-state index contributed by atoms with van der Waals surface area (Å²) in [4.78, 5) is 36.4. The van der Waals surface area contributed by atoms with Crippen LogP contribution >= 0.6 is 0 Å². The van der Waals surface area contributed by atoms with Crippen LogP contribution in [0.4, 0.5) is 0 Å². The molecule has 120 valence electrons. The quantitative estimate of drug-likeness (QED) is 0.435. The third-order valence-electron chi connectivity index (χ3n) is 3.27. The van der Waals surface area contributed by atoms with E-state index in [0.717, 1.165) is 23.0 Å². The molecule has 2 heterocycles. The summed E-state index contributed by atoms with van der Waals surface area (Å²) in [7, 11) is 1.34. The number of aliphatic hydroxyl groups is 2. The molecular formula is C13H16N2O7. The van der Waals surface area contributed by atoms with E-state index in [2.05, 4.69) is 9.72 Å². The maximum absolute atomic E-state index is 11.7. The summed E-state index contributed by atoms with van der Waals surface area (Å²) in [6.45, 7) is 0. The molecule has 1 aliphatic heterocycles. The number of aromatic amines is 1. The van der Waals surface area contributed by atoms with Crippen LogP contribution < -0.4 is 11.2 Å². The van der Waals surface area contributed by atoms with Gasteiger partial charge in [-0.25, -0.2) is 4.79 Å². The fourth-order valence-corrected chi connectivity index (χ4v) is 2.18. The summed E-state index contributed by atoms with van der Waals surface area (Å²) in [6, 6.07) is 1.13. The number of H-pyrrole nitrogens is 1. The molecule has 1 aliphatic rings. The Balaban J connectivity index is 2.15.